The molecule has 1 fully saturated rings. The number of aromatic nitrogens is 1. The maximum atomic E-state index is 12.3. The van der Waals surface area contributed by atoms with Crippen LogP contribution in [-0.4, -0.2) is 30.6 Å². The third kappa shape index (κ3) is 3.59. The molecule has 0 unspecified atom stereocenters. The monoisotopic (exact) mass is 310 g/mol. The van der Waals surface area contributed by atoms with Crippen molar-refractivity contribution in [1.82, 2.24) is 10.3 Å². The Bertz CT molecular complexity index is 647. The molecule has 2 aromatic rings. The molecule has 0 atom stereocenters. The Balaban J connectivity index is 1.77. The molecule has 1 aliphatic heterocycles. The lowest BCUT2D eigenvalue weighted by Gasteiger charge is -2.38. The number of hydrogen-bond acceptors (Lipinski definition) is 3. The smallest absolute Gasteiger partial charge is 0.269 e. The molecule has 120 valence electrons. The number of rotatable bonds is 4. The van der Waals surface area contributed by atoms with Crippen molar-refractivity contribution in [3.8, 4) is 0 Å². The number of pyridine rings is 1. The summed E-state index contributed by atoms with van der Waals surface area (Å²) in [6.45, 7) is 4.15. The van der Waals surface area contributed by atoms with Crippen molar-refractivity contribution >= 4 is 5.91 Å². The molecule has 1 saturated heterocycles. The van der Waals surface area contributed by atoms with E-state index in [-0.39, 0.29) is 11.3 Å². The van der Waals surface area contributed by atoms with Gasteiger partial charge in [-0.25, -0.2) is 0 Å². The molecule has 1 aromatic carbocycles. The van der Waals surface area contributed by atoms with Crippen LogP contribution in [0, 0.1) is 6.92 Å². The first-order valence-corrected chi connectivity index (χ1v) is 8.04. The van der Waals surface area contributed by atoms with Gasteiger partial charge in [-0.1, -0.05) is 35.9 Å². The Morgan fingerprint density at radius 2 is 1.91 bits per heavy atom. The van der Waals surface area contributed by atoms with Crippen LogP contribution in [0.1, 0.15) is 34.5 Å². The first-order valence-electron chi connectivity index (χ1n) is 8.04. The lowest BCUT2D eigenvalue weighted by Crippen LogP contribution is -2.44. The van der Waals surface area contributed by atoms with Crippen LogP contribution in [0.3, 0.4) is 0 Å². The average Bonchev–Trinajstić information content (AvgIpc) is 2.62. The number of benzene rings is 1. The number of ether oxygens (including phenoxy) is 1. The first-order chi connectivity index (χ1) is 11.2. The molecule has 0 bridgehead atoms. The molecule has 1 N–H and O–H groups in total. The van der Waals surface area contributed by atoms with Crippen molar-refractivity contribution in [1.29, 1.82) is 0 Å². The molecule has 1 amide bonds. The van der Waals surface area contributed by atoms with Gasteiger partial charge >= 0.3 is 0 Å². The highest BCUT2D eigenvalue weighted by Gasteiger charge is 2.34. The van der Waals surface area contributed by atoms with Crippen molar-refractivity contribution in [2.24, 2.45) is 0 Å². The number of carbonyl (C=O) groups excluding carboxylic acids is 1. The van der Waals surface area contributed by atoms with Crippen molar-refractivity contribution in [2.75, 3.05) is 19.8 Å². The van der Waals surface area contributed by atoms with E-state index in [4.69, 9.17) is 4.74 Å². The quantitative estimate of drug-likeness (QED) is 0.945. The molecule has 23 heavy (non-hydrogen) atoms. The highest BCUT2D eigenvalue weighted by atomic mass is 16.5. The van der Waals surface area contributed by atoms with E-state index in [0.717, 1.165) is 26.1 Å². The number of nitrogens with zero attached hydrogens (tertiary/aromatic N) is 1. The molecule has 2 heterocycles. The van der Waals surface area contributed by atoms with Gasteiger partial charge in [0, 0.05) is 31.4 Å². The summed E-state index contributed by atoms with van der Waals surface area (Å²) in [5.74, 6) is -0.122. The lowest BCUT2D eigenvalue weighted by atomic mass is 9.74. The Labute approximate surface area is 136 Å². The Hall–Kier alpha value is -2.20. The fraction of sp³-hybridized carbons (Fsp3) is 0.368. The van der Waals surface area contributed by atoms with Crippen LogP contribution in [0.15, 0.2) is 48.7 Å². The second-order valence-corrected chi connectivity index (χ2v) is 6.16. The summed E-state index contributed by atoms with van der Waals surface area (Å²) in [5, 5.41) is 3.07. The molecule has 4 nitrogen and oxygen atoms in total. The van der Waals surface area contributed by atoms with Gasteiger partial charge in [0.25, 0.3) is 5.91 Å². The SMILES string of the molecule is Cc1ccc(C2(CNC(=O)c3ccccn3)CCOCC2)cc1. The lowest BCUT2D eigenvalue weighted by molar-refractivity contribution is 0.0486. The number of nitrogens with one attached hydrogen (secondary N) is 1. The summed E-state index contributed by atoms with van der Waals surface area (Å²) in [6.07, 6.45) is 3.47. The van der Waals surface area contributed by atoms with Gasteiger partial charge in [-0.15, -0.1) is 0 Å². The number of aryl methyl sites for hydroxylation is 1. The number of hydrogen-bond donors (Lipinski definition) is 1. The highest BCUT2D eigenvalue weighted by molar-refractivity contribution is 5.92. The zero-order chi connectivity index (χ0) is 16.1. The third-order valence-electron chi connectivity index (χ3n) is 4.60. The van der Waals surface area contributed by atoms with E-state index in [0.29, 0.717) is 12.2 Å². The van der Waals surface area contributed by atoms with Gasteiger partial charge in [-0.2, -0.15) is 0 Å². The van der Waals surface area contributed by atoms with Gasteiger partial charge in [0.05, 0.1) is 0 Å². The van der Waals surface area contributed by atoms with Crippen molar-refractivity contribution in [3.63, 3.8) is 0 Å². The summed E-state index contributed by atoms with van der Waals surface area (Å²) < 4.78 is 5.54. The Kier molecular flexibility index (Phi) is 4.72. The van der Waals surface area contributed by atoms with Gasteiger partial charge in [0.15, 0.2) is 0 Å². The molecular weight excluding hydrogens is 288 g/mol. The Morgan fingerprint density at radius 1 is 1.17 bits per heavy atom. The average molecular weight is 310 g/mol. The van der Waals surface area contributed by atoms with E-state index in [2.05, 4.69) is 41.5 Å². The van der Waals surface area contributed by atoms with E-state index >= 15 is 0 Å². The maximum Gasteiger partial charge on any atom is 0.269 e. The van der Waals surface area contributed by atoms with Crippen LogP contribution in [0.25, 0.3) is 0 Å². The van der Waals surface area contributed by atoms with Gasteiger partial charge < -0.3 is 10.1 Å². The van der Waals surface area contributed by atoms with E-state index in [1.165, 1.54) is 11.1 Å². The van der Waals surface area contributed by atoms with E-state index < -0.39 is 0 Å². The molecular formula is C19H22N2O2. The van der Waals surface area contributed by atoms with E-state index in [9.17, 15) is 4.79 Å². The summed E-state index contributed by atoms with van der Waals surface area (Å²) in [6, 6.07) is 14.0. The second-order valence-electron chi connectivity index (χ2n) is 6.16. The third-order valence-corrected chi connectivity index (χ3v) is 4.60. The van der Waals surface area contributed by atoms with Gasteiger partial charge in [-0.05, 0) is 37.5 Å². The minimum atomic E-state index is -0.122. The van der Waals surface area contributed by atoms with Crippen molar-refractivity contribution < 1.29 is 9.53 Å². The highest BCUT2D eigenvalue weighted by Crippen LogP contribution is 2.34. The molecule has 0 aliphatic carbocycles. The predicted octanol–water partition coefficient (Wildman–Crippen LogP) is 2.87. The molecule has 3 rings (SSSR count). The first kappa shape index (κ1) is 15.7. The predicted molar refractivity (Wildman–Crippen MR) is 89.5 cm³/mol. The zero-order valence-corrected chi connectivity index (χ0v) is 13.4. The largest absolute Gasteiger partial charge is 0.381 e. The van der Waals surface area contributed by atoms with E-state index in [1.54, 1.807) is 12.3 Å². The van der Waals surface area contributed by atoms with Crippen molar-refractivity contribution in [2.45, 2.75) is 25.2 Å². The van der Waals surface area contributed by atoms with Crippen molar-refractivity contribution in [3.05, 3.63) is 65.5 Å². The van der Waals surface area contributed by atoms with E-state index in [1.807, 2.05) is 12.1 Å². The molecule has 0 spiro atoms. The second kappa shape index (κ2) is 6.92. The van der Waals surface area contributed by atoms with Crippen LogP contribution in [0.2, 0.25) is 0 Å². The summed E-state index contributed by atoms with van der Waals surface area (Å²) >= 11 is 0. The fourth-order valence-electron chi connectivity index (χ4n) is 3.07. The topological polar surface area (TPSA) is 51.2 Å². The van der Waals surface area contributed by atoms with Crippen LogP contribution < -0.4 is 5.32 Å². The standard InChI is InChI=1S/C19H22N2O2/c1-15-5-7-16(8-6-15)19(9-12-23-13-10-19)14-21-18(22)17-4-2-3-11-20-17/h2-8,11H,9-10,12-14H2,1H3,(H,21,22). The van der Waals surface area contributed by atoms with Gasteiger partial charge in [0.2, 0.25) is 0 Å². The van der Waals surface area contributed by atoms with Crippen LogP contribution in [0.5, 0.6) is 0 Å². The van der Waals surface area contributed by atoms with Crippen LogP contribution in [-0.2, 0) is 10.2 Å². The maximum absolute atomic E-state index is 12.3. The molecule has 0 radical (unpaired) electrons. The summed E-state index contributed by atoms with van der Waals surface area (Å²) in [4.78, 5) is 16.4. The Morgan fingerprint density at radius 3 is 2.57 bits per heavy atom. The van der Waals surface area contributed by atoms with Crippen LogP contribution in [0.4, 0.5) is 0 Å². The minimum absolute atomic E-state index is 0.0591. The summed E-state index contributed by atoms with van der Waals surface area (Å²) in [7, 11) is 0. The number of amides is 1. The van der Waals surface area contributed by atoms with Gasteiger partial charge in [0.1, 0.15) is 5.69 Å². The van der Waals surface area contributed by atoms with Gasteiger partial charge in [-0.3, -0.25) is 9.78 Å². The summed E-state index contributed by atoms with van der Waals surface area (Å²) in [5.41, 5.74) is 2.91. The molecule has 1 aliphatic rings. The molecule has 1 aromatic heterocycles. The number of carbonyl (C=O) groups is 1. The fourth-order valence-corrected chi connectivity index (χ4v) is 3.07. The van der Waals surface area contributed by atoms with Crippen LogP contribution >= 0.6 is 0 Å². The normalized spacial score (nSPS) is 16.7. The zero-order valence-electron chi connectivity index (χ0n) is 13.4. The molecule has 0 saturated carbocycles. The molecule has 4 heteroatoms. The minimum Gasteiger partial charge on any atom is -0.381 e.